The van der Waals surface area contributed by atoms with E-state index < -0.39 is 6.04 Å². The maximum Gasteiger partial charge on any atom is 0.254 e. The molecule has 0 radical (unpaired) electrons. The number of benzene rings is 1. The molecule has 1 atom stereocenters. The van der Waals surface area contributed by atoms with Gasteiger partial charge in [0.15, 0.2) is 0 Å². The molecule has 0 aliphatic carbocycles. The highest BCUT2D eigenvalue weighted by Crippen LogP contribution is 2.15. The molecule has 1 saturated heterocycles. The van der Waals surface area contributed by atoms with Gasteiger partial charge in [-0.15, -0.1) is 0 Å². The summed E-state index contributed by atoms with van der Waals surface area (Å²) in [4.78, 5) is 26.3. The third-order valence-corrected chi connectivity index (χ3v) is 3.37. The summed E-state index contributed by atoms with van der Waals surface area (Å²) in [7, 11) is 0. The Balaban J connectivity index is 2.14. The Kier molecular flexibility index (Phi) is 5.16. The monoisotopic (exact) mass is 291 g/mol. The third kappa shape index (κ3) is 3.72. The van der Waals surface area contributed by atoms with Crippen molar-refractivity contribution in [1.82, 2.24) is 10.2 Å². The van der Waals surface area contributed by atoms with E-state index in [0.29, 0.717) is 30.9 Å². The molecule has 1 aliphatic rings. The lowest BCUT2D eigenvalue weighted by Crippen LogP contribution is -2.56. The lowest BCUT2D eigenvalue weighted by Gasteiger charge is -2.34. The van der Waals surface area contributed by atoms with Gasteiger partial charge in [0.05, 0.1) is 13.2 Å². The summed E-state index contributed by atoms with van der Waals surface area (Å²) in [6.07, 6.45) is 0.850. The van der Waals surface area contributed by atoms with Crippen molar-refractivity contribution < 1.29 is 14.3 Å². The molecule has 6 nitrogen and oxygen atoms in total. The number of carbonyl (C=O) groups excluding carboxylic acids is 2. The normalized spacial score (nSPS) is 18.3. The van der Waals surface area contributed by atoms with Gasteiger partial charge in [0, 0.05) is 24.3 Å². The maximum atomic E-state index is 12.6. The highest BCUT2D eigenvalue weighted by Gasteiger charge is 2.33. The molecule has 6 heteroatoms. The third-order valence-electron chi connectivity index (χ3n) is 3.37. The van der Waals surface area contributed by atoms with E-state index in [0.717, 1.165) is 6.42 Å². The van der Waals surface area contributed by atoms with Gasteiger partial charge >= 0.3 is 0 Å². The van der Waals surface area contributed by atoms with Crippen LogP contribution in [0.1, 0.15) is 23.7 Å². The molecule has 0 bridgehead atoms. The van der Waals surface area contributed by atoms with E-state index in [4.69, 9.17) is 10.5 Å². The predicted molar refractivity (Wildman–Crippen MR) is 79.8 cm³/mol. The van der Waals surface area contributed by atoms with Crippen LogP contribution in [0, 0.1) is 0 Å². The highest BCUT2D eigenvalue weighted by atomic mass is 16.5. The molecule has 114 valence electrons. The Morgan fingerprint density at radius 2 is 2.29 bits per heavy atom. The van der Waals surface area contributed by atoms with Gasteiger partial charge in [-0.1, -0.05) is 13.0 Å². The smallest absolute Gasteiger partial charge is 0.254 e. The summed E-state index contributed by atoms with van der Waals surface area (Å²) in [6, 6.07) is 6.20. The largest absolute Gasteiger partial charge is 0.399 e. The van der Waals surface area contributed by atoms with Crippen LogP contribution < -0.4 is 11.1 Å². The van der Waals surface area contributed by atoms with Crippen molar-refractivity contribution in [2.24, 2.45) is 0 Å². The number of anilines is 1. The van der Waals surface area contributed by atoms with Gasteiger partial charge in [-0.05, 0) is 24.6 Å². The number of nitrogen functional groups attached to an aromatic ring is 1. The molecule has 21 heavy (non-hydrogen) atoms. The van der Waals surface area contributed by atoms with Gasteiger partial charge in [0.2, 0.25) is 5.91 Å². The zero-order valence-electron chi connectivity index (χ0n) is 12.2. The predicted octanol–water partition coefficient (Wildman–Crippen LogP) is 0.636. The summed E-state index contributed by atoms with van der Waals surface area (Å²) in [5.41, 5.74) is 6.73. The quantitative estimate of drug-likeness (QED) is 0.797. The first kappa shape index (κ1) is 15.3. The number of carbonyl (C=O) groups is 2. The second kappa shape index (κ2) is 7.08. The van der Waals surface area contributed by atoms with Crippen LogP contribution in [0.2, 0.25) is 0 Å². The van der Waals surface area contributed by atoms with E-state index in [1.165, 1.54) is 0 Å². The van der Waals surface area contributed by atoms with Gasteiger partial charge in [0.1, 0.15) is 6.04 Å². The Hall–Kier alpha value is -2.08. The van der Waals surface area contributed by atoms with Gasteiger partial charge in [0.25, 0.3) is 5.91 Å². The van der Waals surface area contributed by atoms with E-state index in [2.05, 4.69) is 5.32 Å². The fourth-order valence-electron chi connectivity index (χ4n) is 2.27. The molecule has 3 N–H and O–H groups in total. The molecule has 1 unspecified atom stereocenters. The minimum absolute atomic E-state index is 0.172. The molecule has 1 fully saturated rings. The molecule has 0 spiro atoms. The van der Waals surface area contributed by atoms with Crippen LogP contribution in [-0.4, -0.2) is 49.1 Å². The number of nitrogens with zero attached hydrogens (tertiary/aromatic N) is 1. The van der Waals surface area contributed by atoms with Crippen LogP contribution in [0.25, 0.3) is 0 Å². The van der Waals surface area contributed by atoms with E-state index in [9.17, 15) is 9.59 Å². The summed E-state index contributed by atoms with van der Waals surface area (Å²) in [6.45, 7) is 3.63. The maximum absolute atomic E-state index is 12.6. The Morgan fingerprint density at radius 3 is 3.00 bits per heavy atom. The van der Waals surface area contributed by atoms with Gasteiger partial charge in [-0.25, -0.2) is 0 Å². The lowest BCUT2D eigenvalue weighted by atomic mass is 10.1. The van der Waals surface area contributed by atoms with Crippen molar-refractivity contribution in [1.29, 1.82) is 0 Å². The molecule has 2 rings (SSSR count). The average molecular weight is 291 g/mol. The average Bonchev–Trinajstić information content (AvgIpc) is 2.52. The summed E-state index contributed by atoms with van der Waals surface area (Å²) >= 11 is 0. The standard InChI is InChI=1S/C15H21N3O3/c1-2-6-17-14(19)13-10-21-8-7-18(13)15(20)11-4-3-5-12(16)9-11/h3-5,9,13H,2,6-8,10,16H2,1H3,(H,17,19). The molecule has 0 saturated carbocycles. The van der Waals surface area contributed by atoms with Crippen LogP contribution in [-0.2, 0) is 9.53 Å². The minimum Gasteiger partial charge on any atom is -0.399 e. The van der Waals surface area contributed by atoms with Crippen LogP contribution in [0.5, 0.6) is 0 Å². The number of amides is 2. The van der Waals surface area contributed by atoms with E-state index in [1.807, 2.05) is 6.92 Å². The Bertz CT molecular complexity index is 519. The Labute approximate surface area is 124 Å². The van der Waals surface area contributed by atoms with Crippen molar-refractivity contribution in [2.45, 2.75) is 19.4 Å². The molecule has 1 aromatic rings. The lowest BCUT2D eigenvalue weighted by molar-refractivity contribution is -0.130. The number of morpholine rings is 1. The summed E-state index contributed by atoms with van der Waals surface area (Å²) < 4.78 is 5.34. The zero-order valence-corrected chi connectivity index (χ0v) is 12.2. The Morgan fingerprint density at radius 1 is 1.48 bits per heavy atom. The molecule has 1 aromatic carbocycles. The number of rotatable bonds is 4. The first-order valence-corrected chi connectivity index (χ1v) is 7.15. The SMILES string of the molecule is CCCNC(=O)C1COCCN1C(=O)c1cccc(N)c1. The molecule has 2 amide bonds. The minimum atomic E-state index is -0.584. The molecular weight excluding hydrogens is 270 g/mol. The van der Waals surface area contributed by atoms with E-state index in [-0.39, 0.29) is 18.4 Å². The van der Waals surface area contributed by atoms with Crippen molar-refractivity contribution in [2.75, 3.05) is 32.0 Å². The van der Waals surface area contributed by atoms with E-state index in [1.54, 1.807) is 29.2 Å². The van der Waals surface area contributed by atoms with Crippen molar-refractivity contribution in [3.8, 4) is 0 Å². The number of hydrogen-bond donors (Lipinski definition) is 2. The second-order valence-electron chi connectivity index (χ2n) is 5.01. The van der Waals surface area contributed by atoms with Crippen LogP contribution in [0.15, 0.2) is 24.3 Å². The molecule has 1 aliphatic heterocycles. The number of ether oxygens (including phenoxy) is 1. The van der Waals surface area contributed by atoms with Gasteiger partial charge in [-0.2, -0.15) is 0 Å². The number of nitrogens with two attached hydrogens (primary N) is 1. The van der Waals surface area contributed by atoms with Crippen molar-refractivity contribution >= 4 is 17.5 Å². The van der Waals surface area contributed by atoms with Gasteiger partial charge in [-0.3, -0.25) is 9.59 Å². The molecule has 1 heterocycles. The van der Waals surface area contributed by atoms with Crippen molar-refractivity contribution in [3.63, 3.8) is 0 Å². The van der Waals surface area contributed by atoms with Crippen LogP contribution >= 0.6 is 0 Å². The summed E-state index contributed by atoms with van der Waals surface area (Å²) in [5.74, 6) is -0.365. The first-order chi connectivity index (χ1) is 10.1. The van der Waals surface area contributed by atoms with Gasteiger partial charge < -0.3 is 20.7 Å². The zero-order chi connectivity index (χ0) is 15.2. The van der Waals surface area contributed by atoms with Crippen molar-refractivity contribution in [3.05, 3.63) is 29.8 Å². The molecule has 0 aromatic heterocycles. The number of nitrogens with one attached hydrogen (secondary N) is 1. The second-order valence-corrected chi connectivity index (χ2v) is 5.01. The first-order valence-electron chi connectivity index (χ1n) is 7.15. The fourth-order valence-corrected chi connectivity index (χ4v) is 2.27. The van der Waals surface area contributed by atoms with Crippen LogP contribution in [0.3, 0.4) is 0 Å². The summed E-state index contributed by atoms with van der Waals surface area (Å²) in [5, 5.41) is 2.81. The van der Waals surface area contributed by atoms with E-state index >= 15 is 0 Å². The fraction of sp³-hybridized carbons (Fsp3) is 0.467. The topological polar surface area (TPSA) is 84.7 Å². The van der Waals surface area contributed by atoms with Crippen LogP contribution in [0.4, 0.5) is 5.69 Å². The molecular formula is C15H21N3O3. The number of hydrogen-bond acceptors (Lipinski definition) is 4. The highest BCUT2D eigenvalue weighted by molar-refractivity contribution is 5.98.